The Kier molecular flexibility index (Phi) is 5.93. The van der Waals surface area contributed by atoms with E-state index < -0.39 is 0 Å². The summed E-state index contributed by atoms with van der Waals surface area (Å²) in [5, 5.41) is 5.74. The summed E-state index contributed by atoms with van der Waals surface area (Å²) in [4.78, 5) is 24.7. The molecule has 158 valence electrons. The van der Waals surface area contributed by atoms with Crippen molar-refractivity contribution in [1.29, 1.82) is 0 Å². The summed E-state index contributed by atoms with van der Waals surface area (Å²) < 4.78 is 11.4. The second-order valence-corrected chi connectivity index (χ2v) is 8.17. The molecule has 0 bridgehead atoms. The summed E-state index contributed by atoms with van der Waals surface area (Å²) in [5.74, 6) is 1.14. The SMILES string of the molecule is Cc1cccc(C(=O)NCC(=O)NCC2(c3ccc4c(c3)OCCO4)CCCC2)c1. The molecule has 2 N–H and O–H groups in total. The third kappa shape index (κ3) is 4.42. The molecule has 6 nitrogen and oxygen atoms in total. The predicted molar refractivity (Wildman–Crippen MR) is 114 cm³/mol. The van der Waals surface area contributed by atoms with E-state index >= 15 is 0 Å². The summed E-state index contributed by atoms with van der Waals surface area (Å²) in [6.07, 6.45) is 4.30. The van der Waals surface area contributed by atoms with E-state index in [0.29, 0.717) is 25.3 Å². The predicted octanol–water partition coefficient (Wildman–Crippen LogP) is 3.12. The fourth-order valence-electron chi connectivity index (χ4n) is 4.37. The first-order valence-electron chi connectivity index (χ1n) is 10.6. The summed E-state index contributed by atoms with van der Waals surface area (Å²) in [5.41, 5.74) is 2.64. The molecular weight excluding hydrogens is 380 g/mol. The molecule has 2 amide bonds. The zero-order valence-electron chi connectivity index (χ0n) is 17.3. The minimum atomic E-state index is -0.240. The van der Waals surface area contributed by atoms with E-state index in [1.807, 2.05) is 31.2 Å². The van der Waals surface area contributed by atoms with Gasteiger partial charge in [-0.05, 0) is 49.6 Å². The Labute approximate surface area is 177 Å². The zero-order valence-corrected chi connectivity index (χ0v) is 17.3. The van der Waals surface area contributed by atoms with Crippen molar-refractivity contribution in [3.05, 3.63) is 59.2 Å². The Morgan fingerprint density at radius 1 is 0.967 bits per heavy atom. The van der Waals surface area contributed by atoms with Crippen molar-refractivity contribution < 1.29 is 19.1 Å². The monoisotopic (exact) mass is 408 g/mol. The van der Waals surface area contributed by atoms with Gasteiger partial charge in [0.25, 0.3) is 5.91 Å². The van der Waals surface area contributed by atoms with Gasteiger partial charge < -0.3 is 20.1 Å². The van der Waals surface area contributed by atoms with Gasteiger partial charge in [0.1, 0.15) is 13.2 Å². The Hall–Kier alpha value is -3.02. The van der Waals surface area contributed by atoms with E-state index in [4.69, 9.17) is 9.47 Å². The second kappa shape index (κ2) is 8.78. The molecule has 1 heterocycles. The van der Waals surface area contributed by atoms with E-state index in [0.717, 1.165) is 42.7 Å². The smallest absolute Gasteiger partial charge is 0.251 e. The van der Waals surface area contributed by atoms with E-state index in [2.05, 4.69) is 22.8 Å². The highest BCUT2D eigenvalue weighted by molar-refractivity contribution is 5.96. The number of hydrogen-bond donors (Lipinski definition) is 2. The lowest BCUT2D eigenvalue weighted by atomic mass is 9.78. The van der Waals surface area contributed by atoms with E-state index in [1.54, 1.807) is 6.07 Å². The molecule has 0 unspecified atom stereocenters. The first-order valence-corrected chi connectivity index (χ1v) is 10.6. The summed E-state index contributed by atoms with van der Waals surface area (Å²) >= 11 is 0. The van der Waals surface area contributed by atoms with Crippen LogP contribution in [0, 0.1) is 6.92 Å². The van der Waals surface area contributed by atoms with Crippen molar-refractivity contribution in [3.8, 4) is 11.5 Å². The van der Waals surface area contributed by atoms with Crippen LogP contribution in [-0.4, -0.2) is 38.1 Å². The van der Waals surface area contributed by atoms with Gasteiger partial charge >= 0.3 is 0 Å². The first kappa shape index (κ1) is 20.3. The fourth-order valence-corrected chi connectivity index (χ4v) is 4.37. The number of ether oxygens (including phenoxy) is 2. The van der Waals surface area contributed by atoms with Gasteiger partial charge in [-0.3, -0.25) is 9.59 Å². The summed E-state index contributed by atoms with van der Waals surface area (Å²) in [6, 6.07) is 13.4. The minimum absolute atomic E-state index is 0.0377. The minimum Gasteiger partial charge on any atom is -0.486 e. The van der Waals surface area contributed by atoms with Crippen LogP contribution in [0.4, 0.5) is 0 Å². The molecule has 6 heteroatoms. The van der Waals surface area contributed by atoms with Gasteiger partial charge in [-0.1, -0.05) is 36.6 Å². The molecule has 30 heavy (non-hydrogen) atoms. The van der Waals surface area contributed by atoms with Gasteiger partial charge in [0.05, 0.1) is 6.54 Å². The van der Waals surface area contributed by atoms with Gasteiger partial charge in [-0.2, -0.15) is 0 Å². The fraction of sp³-hybridized carbons (Fsp3) is 0.417. The number of benzene rings is 2. The van der Waals surface area contributed by atoms with Crippen molar-refractivity contribution in [1.82, 2.24) is 10.6 Å². The average molecular weight is 408 g/mol. The highest BCUT2D eigenvalue weighted by Crippen LogP contribution is 2.43. The average Bonchev–Trinajstić information content (AvgIpc) is 3.26. The van der Waals surface area contributed by atoms with E-state index in [1.165, 1.54) is 5.56 Å². The Balaban J connectivity index is 1.37. The zero-order chi connectivity index (χ0) is 21.0. The molecule has 0 aromatic heterocycles. The topological polar surface area (TPSA) is 76.7 Å². The molecule has 1 fully saturated rings. The van der Waals surface area contributed by atoms with Crippen LogP contribution in [0.1, 0.15) is 47.2 Å². The summed E-state index contributed by atoms with van der Waals surface area (Å²) in [7, 11) is 0. The maximum Gasteiger partial charge on any atom is 0.251 e. The maximum atomic E-state index is 12.4. The largest absolute Gasteiger partial charge is 0.486 e. The van der Waals surface area contributed by atoms with Crippen LogP contribution in [0.15, 0.2) is 42.5 Å². The van der Waals surface area contributed by atoms with E-state index in [-0.39, 0.29) is 23.8 Å². The van der Waals surface area contributed by atoms with Crippen molar-refractivity contribution >= 4 is 11.8 Å². The molecule has 0 saturated heterocycles. The van der Waals surface area contributed by atoms with Gasteiger partial charge in [0.15, 0.2) is 11.5 Å². The standard InChI is InChI=1S/C24H28N2O4/c1-17-5-4-6-18(13-17)23(28)25-15-22(27)26-16-24(9-2-3-10-24)19-7-8-20-21(14-19)30-12-11-29-20/h4-8,13-14H,2-3,9-12,15-16H2,1H3,(H,25,28)(H,26,27). The van der Waals surface area contributed by atoms with Crippen molar-refractivity contribution in [3.63, 3.8) is 0 Å². The molecule has 1 saturated carbocycles. The number of amides is 2. The van der Waals surface area contributed by atoms with Crippen LogP contribution in [0.5, 0.6) is 11.5 Å². The Morgan fingerprint density at radius 2 is 1.73 bits per heavy atom. The van der Waals surface area contributed by atoms with Gasteiger partial charge in [0, 0.05) is 17.5 Å². The number of aryl methyl sites for hydroxylation is 1. The molecule has 1 aliphatic heterocycles. The molecular formula is C24H28N2O4. The molecule has 1 aliphatic carbocycles. The molecule has 4 rings (SSSR count). The lowest BCUT2D eigenvalue weighted by Crippen LogP contribution is -2.43. The van der Waals surface area contributed by atoms with Gasteiger partial charge in [-0.25, -0.2) is 0 Å². The highest BCUT2D eigenvalue weighted by atomic mass is 16.6. The summed E-state index contributed by atoms with van der Waals surface area (Å²) in [6.45, 7) is 3.57. The second-order valence-electron chi connectivity index (χ2n) is 8.17. The lowest BCUT2D eigenvalue weighted by Gasteiger charge is -2.31. The van der Waals surface area contributed by atoms with Gasteiger partial charge in [0.2, 0.25) is 5.91 Å². The normalized spacial score (nSPS) is 16.7. The van der Waals surface area contributed by atoms with Gasteiger partial charge in [-0.15, -0.1) is 0 Å². The number of hydrogen-bond acceptors (Lipinski definition) is 4. The first-order chi connectivity index (χ1) is 14.6. The Bertz CT molecular complexity index is 935. The van der Waals surface area contributed by atoms with Crippen LogP contribution in [0.2, 0.25) is 0 Å². The van der Waals surface area contributed by atoms with Crippen molar-refractivity contribution in [2.75, 3.05) is 26.3 Å². The number of fused-ring (bicyclic) bond motifs is 1. The molecule has 0 spiro atoms. The lowest BCUT2D eigenvalue weighted by molar-refractivity contribution is -0.120. The van der Waals surface area contributed by atoms with Crippen LogP contribution < -0.4 is 20.1 Å². The van der Waals surface area contributed by atoms with E-state index in [9.17, 15) is 9.59 Å². The number of rotatable bonds is 6. The van der Waals surface area contributed by atoms with Crippen LogP contribution in [0.3, 0.4) is 0 Å². The van der Waals surface area contributed by atoms with Crippen molar-refractivity contribution in [2.45, 2.75) is 38.0 Å². The van der Waals surface area contributed by atoms with Crippen molar-refractivity contribution in [2.24, 2.45) is 0 Å². The number of nitrogens with one attached hydrogen (secondary N) is 2. The number of carbonyl (C=O) groups is 2. The Morgan fingerprint density at radius 3 is 2.50 bits per heavy atom. The maximum absolute atomic E-state index is 12.4. The highest BCUT2D eigenvalue weighted by Gasteiger charge is 2.36. The molecule has 2 aromatic carbocycles. The molecule has 0 radical (unpaired) electrons. The third-order valence-electron chi connectivity index (χ3n) is 6.03. The molecule has 0 atom stereocenters. The van der Waals surface area contributed by atoms with Crippen LogP contribution >= 0.6 is 0 Å². The number of carbonyl (C=O) groups excluding carboxylic acids is 2. The van der Waals surface area contributed by atoms with Crippen LogP contribution in [0.25, 0.3) is 0 Å². The molecule has 2 aromatic rings. The van der Waals surface area contributed by atoms with Crippen LogP contribution in [-0.2, 0) is 10.2 Å². The quantitative estimate of drug-likeness (QED) is 0.770. The molecule has 2 aliphatic rings. The third-order valence-corrected chi connectivity index (χ3v) is 6.03.